The summed E-state index contributed by atoms with van der Waals surface area (Å²) in [6.07, 6.45) is 3.06. The van der Waals surface area contributed by atoms with Crippen LogP contribution in [0.15, 0.2) is 12.1 Å². The largest absolute Gasteiger partial charge is 0.329 e. The summed E-state index contributed by atoms with van der Waals surface area (Å²) >= 11 is 0. The molecule has 0 spiro atoms. The molecule has 2 N–H and O–H groups in total. The number of hydrogen-bond acceptors (Lipinski definition) is 2. The molecule has 2 nitrogen and oxygen atoms in total. The first-order valence-corrected chi connectivity index (χ1v) is 7.11. The highest BCUT2D eigenvalue weighted by Crippen LogP contribution is 2.35. The molecule has 3 unspecified atom stereocenters. The summed E-state index contributed by atoms with van der Waals surface area (Å²) in [6.45, 7) is 4.44. The Morgan fingerprint density at radius 2 is 1.85 bits per heavy atom. The highest BCUT2D eigenvalue weighted by molar-refractivity contribution is 5.24. The summed E-state index contributed by atoms with van der Waals surface area (Å²) in [7, 11) is 0. The van der Waals surface area contributed by atoms with Crippen LogP contribution in [0.2, 0.25) is 0 Å². The van der Waals surface area contributed by atoms with Crippen LogP contribution in [0.1, 0.15) is 44.7 Å². The van der Waals surface area contributed by atoms with E-state index in [9.17, 15) is 13.2 Å². The Labute approximate surface area is 117 Å². The average Bonchev–Trinajstić information content (AvgIpc) is 2.78. The van der Waals surface area contributed by atoms with E-state index in [4.69, 9.17) is 5.73 Å². The fourth-order valence-electron chi connectivity index (χ4n) is 3.27. The molecule has 0 bridgehead atoms. The van der Waals surface area contributed by atoms with Gasteiger partial charge in [0.1, 0.15) is 0 Å². The zero-order valence-electron chi connectivity index (χ0n) is 11.9. The van der Waals surface area contributed by atoms with Gasteiger partial charge in [0.15, 0.2) is 17.5 Å². The second-order valence-electron chi connectivity index (χ2n) is 5.49. The molecule has 1 aliphatic heterocycles. The molecular weight excluding hydrogens is 265 g/mol. The molecule has 0 radical (unpaired) electrons. The summed E-state index contributed by atoms with van der Waals surface area (Å²) in [5.74, 6) is -3.73. The van der Waals surface area contributed by atoms with Crippen molar-refractivity contribution in [3.05, 3.63) is 35.1 Å². The fraction of sp³-hybridized carbons (Fsp3) is 0.600. The maximum Gasteiger partial charge on any atom is 0.194 e. The maximum atomic E-state index is 13.4. The second-order valence-corrected chi connectivity index (χ2v) is 5.49. The van der Waals surface area contributed by atoms with Crippen molar-refractivity contribution in [3.63, 3.8) is 0 Å². The molecule has 0 aliphatic carbocycles. The third-order valence-corrected chi connectivity index (χ3v) is 4.29. The molecule has 0 aromatic heterocycles. The van der Waals surface area contributed by atoms with Crippen LogP contribution in [-0.4, -0.2) is 23.5 Å². The number of halogens is 3. The Morgan fingerprint density at radius 3 is 2.35 bits per heavy atom. The quantitative estimate of drug-likeness (QED) is 0.860. The molecule has 0 amide bonds. The van der Waals surface area contributed by atoms with E-state index in [0.717, 1.165) is 31.4 Å². The van der Waals surface area contributed by atoms with Gasteiger partial charge in [0, 0.05) is 24.7 Å². The van der Waals surface area contributed by atoms with Crippen molar-refractivity contribution >= 4 is 0 Å². The van der Waals surface area contributed by atoms with Gasteiger partial charge in [-0.2, -0.15) is 0 Å². The molecule has 1 heterocycles. The summed E-state index contributed by atoms with van der Waals surface area (Å²) in [4.78, 5) is 2.21. The summed E-state index contributed by atoms with van der Waals surface area (Å²) < 4.78 is 39.9. The number of likely N-dealkylation sites (tertiary alicyclic amines) is 1. The minimum Gasteiger partial charge on any atom is -0.329 e. The lowest BCUT2D eigenvalue weighted by Crippen LogP contribution is -2.41. The molecule has 5 heteroatoms. The molecule has 0 saturated carbocycles. The molecule has 1 aromatic carbocycles. The van der Waals surface area contributed by atoms with Crippen LogP contribution >= 0.6 is 0 Å². The molecule has 1 saturated heterocycles. The summed E-state index contributed by atoms with van der Waals surface area (Å²) in [5, 5.41) is 0. The van der Waals surface area contributed by atoms with Crippen molar-refractivity contribution in [3.8, 4) is 0 Å². The first-order chi connectivity index (χ1) is 9.49. The number of nitrogens with zero attached hydrogens (tertiary/aromatic N) is 1. The predicted molar refractivity (Wildman–Crippen MR) is 72.7 cm³/mol. The van der Waals surface area contributed by atoms with Gasteiger partial charge in [0.25, 0.3) is 0 Å². The molecule has 3 atom stereocenters. The predicted octanol–water partition coefficient (Wildman–Crippen LogP) is 3.37. The van der Waals surface area contributed by atoms with Crippen molar-refractivity contribution in [1.29, 1.82) is 0 Å². The van der Waals surface area contributed by atoms with Gasteiger partial charge in [-0.25, -0.2) is 13.2 Å². The highest BCUT2D eigenvalue weighted by Gasteiger charge is 2.35. The summed E-state index contributed by atoms with van der Waals surface area (Å²) in [6, 6.07) is 2.52. The smallest absolute Gasteiger partial charge is 0.194 e. The minimum atomic E-state index is -1.42. The van der Waals surface area contributed by atoms with Gasteiger partial charge in [0.2, 0.25) is 0 Å². The Morgan fingerprint density at radius 1 is 1.25 bits per heavy atom. The number of hydrogen-bond donors (Lipinski definition) is 1. The third-order valence-electron chi connectivity index (χ3n) is 4.29. The van der Waals surface area contributed by atoms with Crippen LogP contribution in [0, 0.1) is 17.5 Å². The van der Waals surface area contributed by atoms with E-state index in [2.05, 4.69) is 18.7 Å². The van der Waals surface area contributed by atoms with Gasteiger partial charge in [0.05, 0.1) is 0 Å². The molecule has 2 rings (SSSR count). The van der Waals surface area contributed by atoms with Crippen LogP contribution in [0.3, 0.4) is 0 Å². The zero-order valence-corrected chi connectivity index (χ0v) is 11.9. The maximum absolute atomic E-state index is 13.4. The Bertz CT molecular complexity index is 455. The van der Waals surface area contributed by atoms with E-state index in [-0.39, 0.29) is 12.6 Å². The number of nitrogens with two attached hydrogens (primary N) is 1. The van der Waals surface area contributed by atoms with E-state index in [0.29, 0.717) is 17.6 Å². The molecule has 1 aliphatic rings. The van der Waals surface area contributed by atoms with E-state index < -0.39 is 17.5 Å². The third kappa shape index (κ3) is 2.69. The average molecular weight is 286 g/mol. The Balaban J connectivity index is 2.37. The molecule has 20 heavy (non-hydrogen) atoms. The summed E-state index contributed by atoms with van der Waals surface area (Å²) in [5.41, 5.74) is 6.23. The normalized spacial score (nSPS) is 25.1. The van der Waals surface area contributed by atoms with Crippen molar-refractivity contribution in [2.24, 2.45) is 5.73 Å². The van der Waals surface area contributed by atoms with Crippen LogP contribution in [0.4, 0.5) is 13.2 Å². The van der Waals surface area contributed by atoms with E-state index in [1.165, 1.54) is 0 Å². The van der Waals surface area contributed by atoms with Gasteiger partial charge < -0.3 is 5.73 Å². The number of rotatable bonds is 4. The monoisotopic (exact) mass is 286 g/mol. The van der Waals surface area contributed by atoms with Crippen molar-refractivity contribution < 1.29 is 13.2 Å². The molecule has 1 aromatic rings. The first kappa shape index (κ1) is 15.3. The lowest BCUT2D eigenvalue weighted by atomic mass is 10.0. The SMILES string of the molecule is CCC1CCC(C)N1C(CN)c1cc(F)c(F)c(F)c1. The van der Waals surface area contributed by atoms with E-state index in [1.807, 2.05) is 0 Å². The standard InChI is InChI=1S/C15H21F3N2/c1-3-11-5-4-9(2)20(11)14(8-19)10-6-12(16)15(18)13(17)7-10/h6-7,9,11,14H,3-5,8,19H2,1-2H3. The van der Waals surface area contributed by atoms with Gasteiger partial charge in [-0.3, -0.25) is 4.90 Å². The Kier molecular flexibility index (Phi) is 4.70. The van der Waals surface area contributed by atoms with Crippen LogP contribution in [-0.2, 0) is 0 Å². The van der Waals surface area contributed by atoms with Crippen LogP contribution in [0.5, 0.6) is 0 Å². The lowest BCUT2D eigenvalue weighted by Gasteiger charge is -2.35. The Hall–Kier alpha value is -1.07. The lowest BCUT2D eigenvalue weighted by molar-refractivity contribution is 0.136. The van der Waals surface area contributed by atoms with Gasteiger partial charge in [-0.15, -0.1) is 0 Å². The first-order valence-electron chi connectivity index (χ1n) is 7.11. The van der Waals surface area contributed by atoms with Gasteiger partial charge in [-0.05, 0) is 43.9 Å². The molecule has 112 valence electrons. The zero-order chi connectivity index (χ0) is 14.9. The van der Waals surface area contributed by atoms with Crippen molar-refractivity contribution in [2.45, 2.75) is 51.2 Å². The second kappa shape index (κ2) is 6.14. The number of benzene rings is 1. The van der Waals surface area contributed by atoms with Crippen LogP contribution in [0.25, 0.3) is 0 Å². The van der Waals surface area contributed by atoms with Crippen molar-refractivity contribution in [2.75, 3.05) is 6.54 Å². The minimum absolute atomic E-state index is 0.255. The highest BCUT2D eigenvalue weighted by atomic mass is 19.2. The topological polar surface area (TPSA) is 29.3 Å². The van der Waals surface area contributed by atoms with Gasteiger partial charge >= 0.3 is 0 Å². The fourth-order valence-corrected chi connectivity index (χ4v) is 3.27. The van der Waals surface area contributed by atoms with Gasteiger partial charge in [-0.1, -0.05) is 6.92 Å². The van der Waals surface area contributed by atoms with Crippen LogP contribution < -0.4 is 5.73 Å². The van der Waals surface area contributed by atoms with E-state index >= 15 is 0 Å². The van der Waals surface area contributed by atoms with Crippen molar-refractivity contribution in [1.82, 2.24) is 4.90 Å². The molecule has 1 fully saturated rings. The molecular formula is C15H21F3N2. The van der Waals surface area contributed by atoms with E-state index in [1.54, 1.807) is 0 Å².